The summed E-state index contributed by atoms with van der Waals surface area (Å²) >= 11 is 3.44. The fraction of sp³-hybridized carbons (Fsp3) is 0.588. The maximum absolute atomic E-state index is 14.1. The maximum atomic E-state index is 14.1. The minimum absolute atomic E-state index is 0.355. The van der Waals surface area contributed by atoms with Crippen LogP contribution in [0.4, 0.5) is 75.9 Å². The number of amides is 1. The Morgan fingerprint density at radius 1 is 0.658 bits per heavy atom. The van der Waals surface area contributed by atoms with Crippen LogP contribution in [0.1, 0.15) is 0 Å². The minimum atomic E-state index is -8.67. The van der Waals surface area contributed by atoms with Gasteiger partial charge in [-0.25, -0.2) is 0 Å². The Kier molecular flexibility index (Phi) is 8.44. The van der Waals surface area contributed by atoms with Gasteiger partial charge in [0.05, 0.1) is 19.9 Å². The number of rotatable bonds is 11. The molecule has 0 unspecified atom stereocenters. The quantitative estimate of drug-likeness (QED) is 0.217. The number of halogens is 17. The van der Waals surface area contributed by atoms with Gasteiger partial charge in [-0.2, -0.15) is 70.2 Å². The molecule has 0 spiro atoms. The maximum Gasteiger partial charge on any atom is 0.393 e. The molecule has 0 atom stereocenters. The fourth-order valence-corrected chi connectivity index (χ4v) is 2.54. The lowest BCUT2D eigenvalue weighted by atomic mass is 9.89. The highest BCUT2D eigenvalue weighted by Crippen LogP contribution is 2.64. The van der Waals surface area contributed by atoms with Crippen molar-refractivity contribution in [3.05, 3.63) is 18.2 Å². The topological polar surface area (TPSA) is 47.6 Å². The van der Waals surface area contributed by atoms with Crippen molar-refractivity contribution in [3.8, 4) is 11.5 Å². The molecular formula is C17H10ClF16NO3. The highest BCUT2D eigenvalue weighted by atomic mass is 35.5. The lowest BCUT2D eigenvalue weighted by molar-refractivity contribution is -0.445. The average molecular weight is 616 g/mol. The Morgan fingerprint density at radius 2 is 1.05 bits per heavy atom. The molecule has 0 fully saturated rings. The summed E-state index contributed by atoms with van der Waals surface area (Å²) in [5.74, 6) is -62.0. The van der Waals surface area contributed by atoms with E-state index in [1.165, 1.54) is 0 Å². The minimum Gasteiger partial charge on any atom is -0.497 e. The van der Waals surface area contributed by atoms with Crippen LogP contribution in [0, 0.1) is 0 Å². The van der Waals surface area contributed by atoms with Gasteiger partial charge >= 0.3 is 52.7 Å². The van der Waals surface area contributed by atoms with Crippen molar-refractivity contribution in [1.29, 1.82) is 0 Å². The number of carbonyl (C=O) groups excluding carboxylic acids is 1. The summed E-state index contributed by atoms with van der Waals surface area (Å²) in [6.45, 7) is 0. The second kappa shape index (κ2) is 9.58. The van der Waals surface area contributed by atoms with E-state index in [0.717, 1.165) is 31.7 Å². The Bertz CT molecular complexity index is 1040. The summed E-state index contributed by atoms with van der Waals surface area (Å²) in [4.78, 5) is 11.7. The molecule has 0 radical (unpaired) electrons. The summed E-state index contributed by atoms with van der Waals surface area (Å²) in [6.07, 6.45) is 0. The van der Waals surface area contributed by atoms with Crippen LogP contribution in [0.25, 0.3) is 0 Å². The van der Waals surface area contributed by atoms with Crippen molar-refractivity contribution in [2.75, 3.05) is 19.5 Å². The first kappa shape index (κ1) is 33.5. The van der Waals surface area contributed by atoms with E-state index in [1.54, 1.807) is 0 Å². The highest BCUT2D eigenvalue weighted by molar-refractivity contribution is 6.22. The second-order valence-corrected chi connectivity index (χ2v) is 7.51. The van der Waals surface area contributed by atoms with E-state index in [-0.39, 0.29) is 5.75 Å². The molecule has 0 aliphatic carbocycles. The highest BCUT2D eigenvalue weighted by Gasteiger charge is 2.95. The second-order valence-electron chi connectivity index (χ2n) is 7.04. The van der Waals surface area contributed by atoms with Crippen molar-refractivity contribution in [3.63, 3.8) is 0 Å². The van der Waals surface area contributed by atoms with Gasteiger partial charge in [0.25, 0.3) is 0 Å². The van der Waals surface area contributed by atoms with E-state index < -0.39 is 64.2 Å². The van der Waals surface area contributed by atoms with E-state index in [0.29, 0.717) is 6.07 Å². The zero-order chi connectivity index (χ0) is 30.6. The number of hydrogen-bond acceptors (Lipinski definition) is 3. The molecule has 220 valence electrons. The van der Waals surface area contributed by atoms with Crippen molar-refractivity contribution in [2.45, 2.75) is 46.8 Å². The predicted molar refractivity (Wildman–Crippen MR) is 93.6 cm³/mol. The molecule has 1 N–H and O–H groups in total. The number of anilines is 1. The van der Waals surface area contributed by atoms with Crippen molar-refractivity contribution < 1.29 is 84.5 Å². The molecule has 0 aliphatic heterocycles. The lowest BCUT2D eigenvalue weighted by Gasteiger charge is -2.42. The van der Waals surface area contributed by atoms with E-state index in [4.69, 9.17) is 0 Å². The molecule has 0 aromatic heterocycles. The molecule has 4 nitrogen and oxygen atoms in total. The van der Waals surface area contributed by atoms with Crippen LogP contribution < -0.4 is 14.8 Å². The third kappa shape index (κ3) is 4.61. The molecule has 1 amide bonds. The number of nitrogens with one attached hydrogen (secondary N) is 1. The van der Waals surface area contributed by atoms with Gasteiger partial charge in [0.15, 0.2) is 0 Å². The summed E-state index contributed by atoms with van der Waals surface area (Å²) in [5.41, 5.74) is -1.09. The van der Waals surface area contributed by atoms with Gasteiger partial charge in [-0.15, -0.1) is 0 Å². The van der Waals surface area contributed by atoms with E-state index in [1.807, 2.05) is 0 Å². The molecule has 1 aromatic rings. The van der Waals surface area contributed by atoms with Crippen LogP contribution in [0.5, 0.6) is 11.5 Å². The zero-order valence-electron chi connectivity index (χ0n) is 17.9. The molecule has 1 rings (SSSR count). The number of carbonyl (C=O) groups is 1. The Labute approximate surface area is 204 Å². The first-order chi connectivity index (χ1) is 16.6. The van der Waals surface area contributed by atoms with Crippen LogP contribution in [0.3, 0.4) is 0 Å². The Morgan fingerprint density at radius 3 is 1.42 bits per heavy atom. The normalized spacial score (nSPS) is 14.8. The monoisotopic (exact) mass is 615 g/mol. The standard InChI is InChI=1S/C17H10ClF16NO3/c1-37-6-3-4-8(38-2)7(5-6)35-9(36)10(19,20)11(21,22)12(23,24)13(25,26)14(27,28)15(29,30)16(31,32)17(18,33)34/h3-5H,1-2H3,(H,35,36). The summed E-state index contributed by atoms with van der Waals surface area (Å²) in [6, 6.07) is 2.31. The predicted octanol–water partition coefficient (Wildman–Crippen LogP) is 6.92. The van der Waals surface area contributed by atoms with Crippen LogP contribution in [-0.2, 0) is 4.79 Å². The van der Waals surface area contributed by atoms with Crippen molar-refractivity contribution >= 4 is 23.2 Å². The van der Waals surface area contributed by atoms with Gasteiger partial charge in [0.2, 0.25) is 0 Å². The van der Waals surface area contributed by atoms with Crippen molar-refractivity contribution in [2.24, 2.45) is 0 Å². The third-order valence-electron chi connectivity index (χ3n) is 4.66. The Hall–Kier alpha value is -2.54. The number of ether oxygens (including phenoxy) is 2. The van der Waals surface area contributed by atoms with E-state index in [9.17, 15) is 75.0 Å². The van der Waals surface area contributed by atoms with Gasteiger partial charge in [0, 0.05) is 6.07 Å². The molecule has 0 heterocycles. The molecule has 0 bridgehead atoms. The summed E-state index contributed by atoms with van der Waals surface area (Å²) in [5, 5.41) is -6.09. The van der Waals surface area contributed by atoms with Crippen LogP contribution in [0.2, 0.25) is 0 Å². The number of alkyl halides is 17. The molecule has 38 heavy (non-hydrogen) atoms. The van der Waals surface area contributed by atoms with Gasteiger partial charge in [-0.1, -0.05) is 0 Å². The van der Waals surface area contributed by atoms with Gasteiger partial charge in [-0.05, 0) is 23.7 Å². The lowest BCUT2D eigenvalue weighted by Crippen LogP contribution is -2.75. The SMILES string of the molecule is COc1ccc(OC)c(NC(=O)C(F)(F)C(F)(F)C(F)(F)C(F)(F)C(F)(F)C(F)(F)C(F)(F)C(F)(F)Cl)c1. The van der Waals surface area contributed by atoms with Crippen LogP contribution >= 0.6 is 11.6 Å². The number of methoxy groups -OCH3 is 2. The zero-order valence-corrected chi connectivity index (χ0v) is 18.6. The first-order valence-corrected chi connectivity index (χ1v) is 9.26. The largest absolute Gasteiger partial charge is 0.497 e. The Balaban J connectivity index is 3.63. The fourth-order valence-electron chi connectivity index (χ4n) is 2.42. The van der Waals surface area contributed by atoms with Gasteiger partial charge in [-0.3, -0.25) is 4.79 Å². The molecule has 21 heteroatoms. The van der Waals surface area contributed by atoms with Crippen molar-refractivity contribution in [1.82, 2.24) is 0 Å². The van der Waals surface area contributed by atoms with Gasteiger partial charge in [0.1, 0.15) is 11.5 Å². The molecule has 1 aromatic carbocycles. The number of hydrogen-bond donors (Lipinski definition) is 1. The smallest absolute Gasteiger partial charge is 0.393 e. The molecule has 0 saturated carbocycles. The van der Waals surface area contributed by atoms with Gasteiger partial charge < -0.3 is 14.8 Å². The van der Waals surface area contributed by atoms with Crippen LogP contribution in [0.15, 0.2) is 18.2 Å². The summed E-state index contributed by atoms with van der Waals surface area (Å²) in [7, 11) is 1.71. The molecule has 0 aliphatic rings. The van der Waals surface area contributed by atoms with E-state index >= 15 is 0 Å². The molecular weight excluding hydrogens is 606 g/mol. The van der Waals surface area contributed by atoms with E-state index in [2.05, 4.69) is 21.1 Å². The third-order valence-corrected chi connectivity index (χ3v) is 4.90. The first-order valence-electron chi connectivity index (χ1n) is 8.88. The average Bonchev–Trinajstić information content (AvgIpc) is 2.77. The molecule has 0 saturated heterocycles. The number of benzene rings is 1. The summed E-state index contributed by atoms with van der Waals surface area (Å²) < 4.78 is 225. The van der Waals surface area contributed by atoms with Crippen LogP contribution in [-0.4, -0.2) is 67.0 Å².